The Bertz CT molecular complexity index is 610. The Morgan fingerprint density at radius 2 is 2.21 bits per heavy atom. The molecule has 0 aliphatic carbocycles. The van der Waals surface area contributed by atoms with Gasteiger partial charge in [-0.25, -0.2) is 0 Å². The van der Waals surface area contributed by atoms with E-state index in [1.807, 2.05) is 19.9 Å². The molecule has 19 heavy (non-hydrogen) atoms. The number of aromatic nitrogens is 2. The fourth-order valence-electron chi connectivity index (χ4n) is 1.52. The molecule has 0 saturated heterocycles. The van der Waals surface area contributed by atoms with Crippen molar-refractivity contribution < 1.29 is 14.7 Å². The highest BCUT2D eigenvalue weighted by atomic mass is 32.1. The van der Waals surface area contributed by atoms with E-state index in [0.717, 1.165) is 10.4 Å². The smallest absolute Gasteiger partial charge is 0.325 e. The van der Waals surface area contributed by atoms with Gasteiger partial charge in [-0.05, 0) is 25.5 Å². The van der Waals surface area contributed by atoms with Gasteiger partial charge in [-0.3, -0.25) is 14.3 Å². The fraction of sp³-hybridized carbons (Fsp3) is 0.250. The molecule has 0 unspecified atom stereocenters. The summed E-state index contributed by atoms with van der Waals surface area (Å²) in [4.78, 5) is 24.2. The minimum absolute atomic E-state index is 0.229. The second kappa shape index (κ2) is 5.23. The Balaban J connectivity index is 2.06. The SMILES string of the molecule is Cc1cc(C(=O)Nc2ccn(CC(=O)O)n2)sc1C. The molecule has 6 nitrogen and oxygen atoms in total. The van der Waals surface area contributed by atoms with E-state index in [4.69, 9.17) is 5.11 Å². The molecule has 0 aliphatic rings. The number of carbonyl (C=O) groups is 2. The van der Waals surface area contributed by atoms with Crippen molar-refractivity contribution in [3.8, 4) is 0 Å². The first-order valence-electron chi connectivity index (χ1n) is 5.59. The third kappa shape index (κ3) is 3.19. The molecule has 2 aromatic rings. The number of aliphatic carboxylic acids is 1. The summed E-state index contributed by atoms with van der Waals surface area (Å²) >= 11 is 1.42. The Morgan fingerprint density at radius 1 is 1.47 bits per heavy atom. The highest BCUT2D eigenvalue weighted by Gasteiger charge is 2.12. The number of carbonyl (C=O) groups excluding carboxylic acids is 1. The van der Waals surface area contributed by atoms with Crippen molar-refractivity contribution >= 4 is 29.0 Å². The van der Waals surface area contributed by atoms with Crippen LogP contribution in [0.5, 0.6) is 0 Å². The maximum Gasteiger partial charge on any atom is 0.325 e. The molecule has 0 fully saturated rings. The number of amides is 1. The van der Waals surface area contributed by atoms with Gasteiger partial charge < -0.3 is 10.4 Å². The quantitative estimate of drug-likeness (QED) is 0.895. The van der Waals surface area contributed by atoms with E-state index in [1.54, 1.807) is 6.07 Å². The monoisotopic (exact) mass is 279 g/mol. The molecule has 0 bridgehead atoms. The van der Waals surface area contributed by atoms with Crippen LogP contribution in [0, 0.1) is 13.8 Å². The normalized spacial score (nSPS) is 10.4. The number of nitrogens with zero attached hydrogens (tertiary/aromatic N) is 2. The molecule has 0 radical (unpaired) electrons. The standard InChI is InChI=1S/C12H13N3O3S/c1-7-5-9(19-8(7)2)12(18)13-10-3-4-15(14-10)6-11(16)17/h3-5H,6H2,1-2H3,(H,16,17)(H,13,14,18). The molecule has 0 aliphatic heterocycles. The van der Waals surface area contributed by atoms with Crippen molar-refractivity contribution in [1.82, 2.24) is 9.78 Å². The van der Waals surface area contributed by atoms with Crippen LogP contribution in [0.3, 0.4) is 0 Å². The van der Waals surface area contributed by atoms with Gasteiger partial charge in [-0.15, -0.1) is 11.3 Å². The molecular formula is C12H13N3O3S. The molecule has 1 amide bonds. The first kappa shape index (κ1) is 13.3. The number of nitrogens with one attached hydrogen (secondary N) is 1. The lowest BCUT2D eigenvalue weighted by Crippen LogP contribution is -2.13. The third-order valence-electron chi connectivity index (χ3n) is 2.57. The number of carboxylic acid groups (broad SMARTS) is 1. The summed E-state index contributed by atoms with van der Waals surface area (Å²) in [6.45, 7) is 3.68. The lowest BCUT2D eigenvalue weighted by atomic mass is 10.3. The maximum atomic E-state index is 11.9. The topological polar surface area (TPSA) is 84.2 Å². The number of rotatable bonds is 4. The van der Waals surface area contributed by atoms with Crippen LogP contribution in [0.2, 0.25) is 0 Å². The summed E-state index contributed by atoms with van der Waals surface area (Å²) in [5.74, 6) is -0.873. The third-order valence-corrected chi connectivity index (χ3v) is 3.72. The molecule has 0 aromatic carbocycles. The molecule has 100 valence electrons. The molecule has 0 saturated carbocycles. The second-order valence-corrected chi connectivity index (χ2v) is 5.35. The van der Waals surface area contributed by atoms with Crippen LogP contribution in [0.4, 0.5) is 5.82 Å². The predicted molar refractivity (Wildman–Crippen MR) is 71.6 cm³/mol. The van der Waals surface area contributed by atoms with E-state index in [-0.39, 0.29) is 12.5 Å². The minimum Gasteiger partial charge on any atom is -0.480 e. The molecule has 2 heterocycles. The molecule has 2 aromatic heterocycles. The molecule has 2 rings (SSSR count). The highest BCUT2D eigenvalue weighted by molar-refractivity contribution is 7.14. The molecule has 0 atom stereocenters. The van der Waals surface area contributed by atoms with Gasteiger partial charge in [0.05, 0.1) is 4.88 Å². The van der Waals surface area contributed by atoms with E-state index in [1.165, 1.54) is 22.2 Å². The van der Waals surface area contributed by atoms with Gasteiger partial charge in [-0.2, -0.15) is 5.10 Å². The van der Waals surface area contributed by atoms with Crippen molar-refractivity contribution in [3.05, 3.63) is 33.6 Å². The molecule has 2 N–H and O–H groups in total. The summed E-state index contributed by atoms with van der Waals surface area (Å²) in [7, 11) is 0. The number of thiophene rings is 1. The number of hydrogen-bond donors (Lipinski definition) is 2. The number of anilines is 1. The average Bonchev–Trinajstić information content (AvgIpc) is 2.86. The van der Waals surface area contributed by atoms with Gasteiger partial charge in [0.25, 0.3) is 5.91 Å². The van der Waals surface area contributed by atoms with Gasteiger partial charge in [-0.1, -0.05) is 0 Å². The van der Waals surface area contributed by atoms with Gasteiger partial charge in [0, 0.05) is 17.1 Å². The zero-order chi connectivity index (χ0) is 14.0. The average molecular weight is 279 g/mol. The number of carboxylic acids is 1. The number of hydrogen-bond acceptors (Lipinski definition) is 4. The van der Waals surface area contributed by atoms with Crippen LogP contribution in [-0.2, 0) is 11.3 Å². The summed E-state index contributed by atoms with van der Waals surface area (Å²) in [5.41, 5.74) is 1.08. The van der Waals surface area contributed by atoms with Gasteiger partial charge >= 0.3 is 5.97 Å². The van der Waals surface area contributed by atoms with Crippen molar-refractivity contribution in [3.63, 3.8) is 0 Å². The summed E-state index contributed by atoms with van der Waals surface area (Å²) in [6.07, 6.45) is 1.51. The van der Waals surface area contributed by atoms with Gasteiger partial charge in [0.15, 0.2) is 5.82 Å². The van der Waals surface area contributed by atoms with E-state index in [2.05, 4.69) is 10.4 Å². The Kier molecular flexibility index (Phi) is 3.66. The van der Waals surface area contributed by atoms with Crippen LogP contribution in [0.15, 0.2) is 18.3 Å². The lowest BCUT2D eigenvalue weighted by Gasteiger charge is -1.99. The van der Waals surface area contributed by atoms with Crippen molar-refractivity contribution in [2.24, 2.45) is 0 Å². The molecular weight excluding hydrogens is 266 g/mol. The predicted octanol–water partition coefficient (Wildman–Crippen LogP) is 1.90. The minimum atomic E-state index is -0.981. The van der Waals surface area contributed by atoms with Crippen molar-refractivity contribution in [2.75, 3.05) is 5.32 Å². The van der Waals surface area contributed by atoms with Crippen LogP contribution in [0.25, 0.3) is 0 Å². The maximum absolute atomic E-state index is 11.9. The first-order chi connectivity index (χ1) is 8.95. The Morgan fingerprint density at radius 3 is 2.79 bits per heavy atom. The first-order valence-corrected chi connectivity index (χ1v) is 6.41. The van der Waals surface area contributed by atoms with Gasteiger partial charge in [0.1, 0.15) is 6.54 Å². The largest absolute Gasteiger partial charge is 0.480 e. The van der Waals surface area contributed by atoms with Crippen molar-refractivity contribution in [2.45, 2.75) is 20.4 Å². The zero-order valence-corrected chi connectivity index (χ0v) is 11.3. The summed E-state index contributed by atoms with van der Waals surface area (Å²) < 4.78 is 1.25. The Hall–Kier alpha value is -2.15. The van der Waals surface area contributed by atoms with E-state index in [0.29, 0.717) is 10.7 Å². The molecule has 7 heteroatoms. The molecule has 0 spiro atoms. The zero-order valence-electron chi connectivity index (χ0n) is 10.5. The van der Waals surface area contributed by atoms with Crippen LogP contribution in [0.1, 0.15) is 20.1 Å². The highest BCUT2D eigenvalue weighted by Crippen LogP contribution is 2.21. The second-order valence-electron chi connectivity index (χ2n) is 4.10. The van der Waals surface area contributed by atoms with Crippen LogP contribution < -0.4 is 5.32 Å². The van der Waals surface area contributed by atoms with E-state index < -0.39 is 5.97 Å². The van der Waals surface area contributed by atoms with Crippen molar-refractivity contribution in [1.29, 1.82) is 0 Å². The summed E-state index contributed by atoms with van der Waals surface area (Å²) in [6, 6.07) is 3.39. The van der Waals surface area contributed by atoms with E-state index >= 15 is 0 Å². The van der Waals surface area contributed by atoms with Gasteiger partial charge in [0.2, 0.25) is 0 Å². The summed E-state index contributed by atoms with van der Waals surface area (Å²) in [5, 5.41) is 15.2. The lowest BCUT2D eigenvalue weighted by molar-refractivity contribution is -0.137. The van der Waals surface area contributed by atoms with Crippen LogP contribution >= 0.6 is 11.3 Å². The fourth-order valence-corrected chi connectivity index (χ4v) is 2.45. The van der Waals surface area contributed by atoms with E-state index in [9.17, 15) is 9.59 Å². The Labute approximate surface area is 113 Å². The number of aryl methyl sites for hydroxylation is 2. The van der Waals surface area contributed by atoms with Crippen LogP contribution in [-0.4, -0.2) is 26.8 Å².